The molecular weight excluding hydrogens is 481 g/mol. The van der Waals surface area contributed by atoms with Gasteiger partial charge in [-0.3, -0.25) is 0 Å². The number of nitrogens with one attached hydrogen (secondary N) is 2. The van der Waals surface area contributed by atoms with Crippen LogP contribution < -0.4 is 10.6 Å². The number of benzene rings is 1. The van der Waals surface area contributed by atoms with Gasteiger partial charge in [-0.25, -0.2) is 4.52 Å². The van der Waals surface area contributed by atoms with E-state index < -0.39 is 5.51 Å². The van der Waals surface area contributed by atoms with Gasteiger partial charge in [-0.2, -0.15) is 22.5 Å². The highest BCUT2D eigenvalue weighted by atomic mass is 32.2. The minimum Gasteiger partial charge on any atom is -0.352 e. The summed E-state index contributed by atoms with van der Waals surface area (Å²) in [5.74, 6) is 0.952. The van der Waals surface area contributed by atoms with Crippen LogP contribution in [0.15, 0.2) is 65.3 Å². The summed E-state index contributed by atoms with van der Waals surface area (Å²) in [6, 6.07) is 12.1. The first-order valence-electron chi connectivity index (χ1n) is 10.6. The molecule has 1 fully saturated rings. The Morgan fingerprint density at radius 3 is 2.68 bits per heavy atom. The lowest BCUT2D eigenvalue weighted by molar-refractivity contribution is -0.0328. The van der Waals surface area contributed by atoms with Gasteiger partial charge in [0.1, 0.15) is 5.00 Å². The number of hydrogen-bond acceptors (Lipinski definition) is 7. The lowest BCUT2D eigenvalue weighted by atomic mass is 9.76. The largest absolute Gasteiger partial charge is 0.446 e. The fourth-order valence-corrected chi connectivity index (χ4v) is 5.13. The number of rotatable bonds is 6. The zero-order chi connectivity index (χ0) is 23.9. The first-order valence-corrected chi connectivity index (χ1v) is 12.2. The van der Waals surface area contributed by atoms with Crippen LogP contribution in [-0.2, 0) is 0 Å². The summed E-state index contributed by atoms with van der Waals surface area (Å²) in [6.45, 7) is 4.14. The monoisotopic (exact) mass is 502 g/mol. The molecule has 1 aliphatic rings. The summed E-state index contributed by atoms with van der Waals surface area (Å²) < 4.78 is 43.8. The first kappa shape index (κ1) is 22.7. The Hall–Kier alpha value is -3.05. The van der Waals surface area contributed by atoms with E-state index in [0.29, 0.717) is 17.5 Å². The molecule has 2 atom stereocenters. The van der Waals surface area contributed by atoms with E-state index >= 15 is 0 Å². The third kappa shape index (κ3) is 4.90. The molecule has 3 aromatic heterocycles. The molecule has 6 nitrogen and oxygen atoms in total. The van der Waals surface area contributed by atoms with Gasteiger partial charge in [-0.15, -0.1) is 5.10 Å². The summed E-state index contributed by atoms with van der Waals surface area (Å²) in [4.78, 5) is 4.82. The highest BCUT2D eigenvalue weighted by Gasteiger charge is 2.33. The third-order valence-electron chi connectivity index (χ3n) is 5.63. The fourth-order valence-electron chi connectivity index (χ4n) is 3.96. The van der Waals surface area contributed by atoms with Gasteiger partial charge >= 0.3 is 5.51 Å². The second kappa shape index (κ2) is 8.95. The molecule has 176 valence electrons. The quantitative estimate of drug-likeness (QED) is 0.290. The Balaban J connectivity index is 1.34. The predicted octanol–water partition coefficient (Wildman–Crippen LogP) is 6.59. The van der Waals surface area contributed by atoms with Crippen LogP contribution in [0.3, 0.4) is 0 Å². The van der Waals surface area contributed by atoms with Gasteiger partial charge in [0.25, 0.3) is 0 Å². The van der Waals surface area contributed by atoms with Gasteiger partial charge in [0.05, 0.1) is 11.7 Å². The van der Waals surface area contributed by atoms with E-state index in [2.05, 4.69) is 32.0 Å². The smallest absolute Gasteiger partial charge is 0.352 e. The van der Waals surface area contributed by atoms with E-state index in [-0.39, 0.29) is 22.7 Å². The Bertz CT molecular complexity index is 1340. The minimum absolute atomic E-state index is 0.121. The normalized spacial score (nSPS) is 19.4. The van der Waals surface area contributed by atoms with Crippen molar-refractivity contribution < 1.29 is 13.2 Å². The van der Waals surface area contributed by atoms with Gasteiger partial charge in [0.2, 0.25) is 5.95 Å². The summed E-state index contributed by atoms with van der Waals surface area (Å²) in [6.07, 6.45) is 4.80. The molecule has 5 rings (SSSR count). The van der Waals surface area contributed by atoms with Crippen LogP contribution in [0.1, 0.15) is 19.0 Å². The highest BCUT2D eigenvalue weighted by molar-refractivity contribution is 8.00. The molecule has 1 aromatic carbocycles. The molecule has 0 saturated heterocycles. The van der Waals surface area contributed by atoms with Crippen LogP contribution >= 0.6 is 23.3 Å². The molecule has 11 heteroatoms. The average Bonchev–Trinajstić information content (AvgIpc) is 3.38. The van der Waals surface area contributed by atoms with Crippen LogP contribution in [0, 0.1) is 12.8 Å². The second-order valence-corrected chi connectivity index (χ2v) is 10.1. The van der Waals surface area contributed by atoms with E-state index in [1.807, 2.05) is 31.3 Å². The molecule has 0 bridgehead atoms. The third-order valence-corrected chi connectivity index (χ3v) is 7.19. The summed E-state index contributed by atoms with van der Waals surface area (Å²) in [7, 11) is 0. The standard InChI is InChI=1S/C23H21F3N6S2/c1-13-10-19(18(13)12-27-20-11-14(2)31-34-20)28-22-29-21-17(4-3-9-32(21)30-22)15-5-7-16(8-6-15)33-23(24,25)26/h3-9,11-13,19,27H,10H2,1-2H3,(H,28,30)/b18-12+. The number of alkyl halides is 3. The van der Waals surface area contributed by atoms with Gasteiger partial charge in [0.15, 0.2) is 5.65 Å². The van der Waals surface area contributed by atoms with Crippen LogP contribution in [0.4, 0.5) is 24.1 Å². The van der Waals surface area contributed by atoms with Crippen molar-refractivity contribution in [1.82, 2.24) is 19.0 Å². The fraction of sp³-hybridized carbons (Fsp3) is 0.261. The van der Waals surface area contributed by atoms with Gasteiger partial charge in [-0.05, 0) is 84.0 Å². The number of anilines is 2. The Labute approximate surface area is 202 Å². The zero-order valence-corrected chi connectivity index (χ0v) is 19.9. The van der Waals surface area contributed by atoms with E-state index in [4.69, 9.17) is 0 Å². The lowest BCUT2D eigenvalue weighted by Crippen LogP contribution is -2.38. The van der Waals surface area contributed by atoms with Crippen molar-refractivity contribution in [3.8, 4) is 11.1 Å². The molecular formula is C23H21F3N6S2. The van der Waals surface area contributed by atoms with Crippen molar-refractivity contribution in [2.45, 2.75) is 36.7 Å². The van der Waals surface area contributed by atoms with Crippen molar-refractivity contribution >= 4 is 39.9 Å². The SMILES string of the molecule is Cc1cc(N/C=C2\C(C)CC2Nc2nc3c(-c4ccc(SC(F)(F)F)cc4)cccn3n2)sn1. The maximum absolute atomic E-state index is 12.6. The van der Waals surface area contributed by atoms with Crippen molar-refractivity contribution in [1.29, 1.82) is 0 Å². The van der Waals surface area contributed by atoms with Crippen LogP contribution in [0.5, 0.6) is 0 Å². The molecule has 3 heterocycles. The maximum atomic E-state index is 12.6. The topological polar surface area (TPSA) is 67.1 Å². The van der Waals surface area contributed by atoms with Gasteiger partial charge in [0, 0.05) is 22.9 Å². The molecule has 2 unspecified atom stereocenters. The molecule has 0 radical (unpaired) electrons. The average molecular weight is 503 g/mol. The number of nitrogens with zero attached hydrogens (tertiary/aromatic N) is 4. The molecule has 1 saturated carbocycles. The molecule has 34 heavy (non-hydrogen) atoms. The van der Waals surface area contributed by atoms with E-state index in [0.717, 1.165) is 28.2 Å². The van der Waals surface area contributed by atoms with Crippen molar-refractivity contribution in [3.63, 3.8) is 0 Å². The van der Waals surface area contributed by atoms with Crippen molar-refractivity contribution in [3.05, 3.63) is 66.1 Å². The Morgan fingerprint density at radius 1 is 1.21 bits per heavy atom. The second-order valence-electron chi connectivity index (χ2n) is 8.15. The van der Waals surface area contributed by atoms with Gasteiger partial charge < -0.3 is 10.6 Å². The Morgan fingerprint density at radius 2 is 2.00 bits per heavy atom. The number of aryl methyl sites for hydroxylation is 1. The number of halogens is 3. The molecule has 4 aromatic rings. The number of pyridine rings is 1. The number of thioether (sulfide) groups is 1. The molecule has 0 aliphatic heterocycles. The van der Waals surface area contributed by atoms with Crippen LogP contribution in [0.25, 0.3) is 16.8 Å². The molecule has 0 amide bonds. The van der Waals surface area contributed by atoms with Gasteiger partial charge in [-0.1, -0.05) is 19.1 Å². The van der Waals surface area contributed by atoms with E-state index in [9.17, 15) is 13.2 Å². The minimum atomic E-state index is -4.31. The number of fused-ring (bicyclic) bond motifs is 1. The van der Waals surface area contributed by atoms with E-state index in [1.54, 1.807) is 22.8 Å². The summed E-state index contributed by atoms with van der Waals surface area (Å²) in [5.41, 5.74) is 0.127. The molecule has 0 spiro atoms. The molecule has 2 N–H and O–H groups in total. The lowest BCUT2D eigenvalue weighted by Gasteiger charge is -2.37. The number of hydrogen-bond donors (Lipinski definition) is 2. The predicted molar refractivity (Wildman–Crippen MR) is 130 cm³/mol. The summed E-state index contributed by atoms with van der Waals surface area (Å²) in [5, 5.41) is 12.3. The zero-order valence-electron chi connectivity index (χ0n) is 18.3. The van der Waals surface area contributed by atoms with E-state index in [1.165, 1.54) is 29.2 Å². The highest BCUT2D eigenvalue weighted by Crippen LogP contribution is 2.38. The van der Waals surface area contributed by atoms with Crippen molar-refractivity contribution in [2.75, 3.05) is 10.6 Å². The Kier molecular flexibility index (Phi) is 5.98. The number of aromatic nitrogens is 4. The summed E-state index contributed by atoms with van der Waals surface area (Å²) >= 11 is 1.30. The first-order chi connectivity index (χ1) is 16.2. The van der Waals surface area contributed by atoms with Crippen LogP contribution in [0.2, 0.25) is 0 Å². The van der Waals surface area contributed by atoms with Crippen LogP contribution in [-0.4, -0.2) is 30.5 Å². The van der Waals surface area contributed by atoms with Crippen molar-refractivity contribution in [2.24, 2.45) is 5.92 Å². The maximum Gasteiger partial charge on any atom is 0.446 e. The molecule has 1 aliphatic carbocycles.